The first kappa shape index (κ1) is 21.7. The van der Waals surface area contributed by atoms with Crippen molar-refractivity contribution in [1.29, 1.82) is 0 Å². The van der Waals surface area contributed by atoms with Gasteiger partial charge in [0, 0.05) is 30.1 Å². The molecule has 1 aliphatic rings. The van der Waals surface area contributed by atoms with E-state index in [2.05, 4.69) is 24.3 Å². The lowest BCUT2D eigenvalue weighted by molar-refractivity contribution is -0.0631. The summed E-state index contributed by atoms with van der Waals surface area (Å²) in [7, 11) is 0. The number of aromatic nitrogens is 3. The van der Waals surface area contributed by atoms with Gasteiger partial charge in [-0.1, -0.05) is 30.3 Å². The van der Waals surface area contributed by atoms with Gasteiger partial charge in [-0.15, -0.1) is 11.3 Å². The molecule has 31 heavy (non-hydrogen) atoms. The Morgan fingerprint density at radius 3 is 2.90 bits per heavy atom. The van der Waals surface area contributed by atoms with Gasteiger partial charge in [-0.3, -0.25) is 0 Å². The lowest BCUT2D eigenvalue weighted by atomic mass is 9.94. The van der Waals surface area contributed by atoms with Gasteiger partial charge >= 0.3 is 5.97 Å². The molecule has 4 rings (SSSR count). The molecule has 0 amide bonds. The standard InChI is InChI=1S/C23H28N4O3S/c1-4-29-21(28)18-13-25-27(20(18)14-24-17-10-11-30-23(2,3)12-17)22-26-19(15-31-22)16-8-6-5-7-9-16/h5-9,13,15,17,24H,4,10-12,14H2,1-3H3/t17-/m1/s1. The number of hydrogen-bond donors (Lipinski definition) is 1. The molecule has 1 aliphatic heterocycles. The molecule has 0 radical (unpaired) electrons. The predicted molar refractivity (Wildman–Crippen MR) is 121 cm³/mol. The molecule has 0 unspecified atom stereocenters. The third-order valence-electron chi connectivity index (χ3n) is 5.36. The molecule has 7 nitrogen and oxygen atoms in total. The molecule has 0 saturated carbocycles. The van der Waals surface area contributed by atoms with E-state index < -0.39 is 0 Å². The molecule has 2 aromatic heterocycles. The van der Waals surface area contributed by atoms with Crippen molar-refractivity contribution in [3.8, 4) is 16.4 Å². The fourth-order valence-corrected chi connectivity index (χ4v) is 4.65. The highest BCUT2D eigenvalue weighted by Crippen LogP contribution is 2.27. The van der Waals surface area contributed by atoms with Gasteiger partial charge in [0.25, 0.3) is 0 Å². The third-order valence-corrected chi connectivity index (χ3v) is 6.18. The smallest absolute Gasteiger partial charge is 0.341 e. The summed E-state index contributed by atoms with van der Waals surface area (Å²) in [6, 6.07) is 10.3. The summed E-state index contributed by atoms with van der Waals surface area (Å²) in [4.78, 5) is 17.3. The monoisotopic (exact) mass is 440 g/mol. The fourth-order valence-electron chi connectivity index (χ4n) is 3.84. The minimum absolute atomic E-state index is 0.153. The lowest BCUT2D eigenvalue weighted by Crippen LogP contribution is -2.43. The zero-order chi connectivity index (χ0) is 21.8. The van der Waals surface area contributed by atoms with E-state index in [1.165, 1.54) is 11.3 Å². The predicted octanol–water partition coefficient (Wildman–Crippen LogP) is 4.22. The van der Waals surface area contributed by atoms with Crippen molar-refractivity contribution < 1.29 is 14.3 Å². The van der Waals surface area contributed by atoms with Crippen LogP contribution in [0.5, 0.6) is 0 Å². The van der Waals surface area contributed by atoms with E-state index in [0.717, 1.165) is 41.5 Å². The highest BCUT2D eigenvalue weighted by atomic mass is 32.1. The van der Waals surface area contributed by atoms with Crippen LogP contribution in [0.15, 0.2) is 41.9 Å². The van der Waals surface area contributed by atoms with Crippen molar-refractivity contribution in [2.45, 2.75) is 51.8 Å². The van der Waals surface area contributed by atoms with Crippen molar-refractivity contribution in [2.75, 3.05) is 13.2 Å². The second-order valence-electron chi connectivity index (χ2n) is 8.20. The summed E-state index contributed by atoms with van der Waals surface area (Å²) in [6.07, 6.45) is 3.42. The van der Waals surface area contributed by atoms with E-state index in [1.807, 2.05) is 35.7 Å². The average Bonchev–Trinajstić information content (AvgIpc) is 3.39. The molecule has 164 valence electrons. The van der Waals surface area contributed by atoms with E-state index >= 15 is 0 Å². The van der Waals surface area contributed by atoms with Crippen molar-refractivity contribution in [3.05, 3.63) is 53.2 Å². The summed E-state index contributed by atoms with van der Waals surface area (Å²) < 4.78 is 12.8. The van der Waals surface area contributed by atoms with Crippen LogP contribution in [0.3, 0.4) is 0 Å². The van der Waals surface area contributed by atoms with Gasteiger partial charge < -0.3 is 14.8 Å². The van der Waals surface area contributed by atoms with E-state index in [1.54, 1.807) is 17.8 Å². The zero-order valence-corrected chi connectivity index (χ0v) is 18.9. The van der Waals surface area contributed by atoms with Crippen molar-refractivity contribution >= 4 is 17.3 Å². The summed E-state index contributed by atoms with van der Waals surface area (Å²) >= 11 is 1.50. The van der Waals surface area contributed by atoms with Crippen LogP contribution in [-0.4, -0.2) is 45.6 Å². The van der Waals surface area contributed by atoms with Crippen molar-refractivity contribution in [1.82, 2.24) is 20.1 Å². The number of benzene rings is 1. The first-order valence-electron chi connectivity index (χ1n) is 10.6. The van der Waals surface area contributed by atoms with Crippen LogP contribution in [0.2, 0.25) is 0 Å². The SMILES string of the molecule is CCOC(=O)c1cnn(-c2nc(-c3ccccc3)cs2)c1CN[C@@H]1CCOC(C)(C)C1. The number of rotatable bonds is 7. The quantitative estimate of drug-likeness (QED) is 0.554. The van der Waals surface area contributed by atoms with Crippen LogP contribution in [-0.2, 0) is 16.0 Å². The first-order valence-corrected chi connectivity index (χ1v) is 11.5. The maximum atomic E-state index is 12.6. The van der Waals surface area contributed by atoms with Gasteiger partial charge in [-0.2, -0.15) is 5.10 Å². The number of thiazole rings is 1. The minimum Gasteiger partial charge on any atom is -0.462 e. The normalized spacial score (nSPS) is 18.1. The van der Waals surface area contributed by atoms with E-state index in [-0.39, 0.29) is 11.6 Å². The third kappa shape index (κ3) is 5.03. The zero-order valence-electron chi connectivity index (χ0n) is 18.1. The molecule has 0 aliphatic carbocycles. The molecule has 1 atom stereocenters. The largest absolute Gasteiger partial charge is 0.462 e. The molecule has 3 aromatic rings. The Morgan fingerprint density at radius 2 is 2.16 bits per heavy atom. The highest BCUT2D eigenvalue weighted by molar-refractivity contribution is 7.12. The second-order valence-corrected chi connectivity index (χ2v) is 9.03. The Bertz CT molecular complexity index is 1030. The molecule has 0 bridgehead atoms. The summed E-state index contributed by atoms with van der Waals surface area (Å²) in [5, 5.41) is 10.8. The molecule has 0 spiro atoms. The Balaban J connectivity index is 1.61. The van der Waals surface area contributed by atoms with Crippen LogP contribution in [0.25, 0.3) is 16.4 Å². The first-order chi connectivity index (χ1) is 15.0. The number of ether oxygens (including phenoxy) is 2. The fraction of sp³-hybridized carbons (Fsp3) is 0.435. The van der Waals surface area contributed by atoms with Crippen molar-refractivity contribution in [2.24, 2.45) is 0 Å². The van der Waals surface area contributed by atoms with Crippen LogP contribution in [0.1, 0.15) is 49.7 Å². The Hall–Kier alpha value is -2.55. The Morgan fingerprint density at radius 1 is 1.35 bits per heavy atom. The average molecular weight is 441 g/mol. The molecule has 1 N–H and O–H groups in total. The second kappa shape index (κ2) is 9.30. The van der Waals surface area contributed by atoms with Gasteiger partial charge in [0.1, 0.15) is 5.56 Å². The number of nitrogens with one attached hydrogen (secondary N) is 1. The Kier molecular flexibility index (Phi) is 6.50. The number of carbonyl (C=O) groups excluding carboxylic acids is 1. The van der Waals surface area contributed by atoms with Gasteiger partial charge in [-0.05, 0) is 33.6 Å². The van der Waals surface area contributed by atoms with E-state index in [9.17, 15) is 4.79 Å². The van der Waals surface area contributed by atoms with Crippen LogP contribution in [0, 0.1) is 0 Å². The summed E-state index contributed by atoms with van der Waals surface area (Å²) in [5.74, 6) is -0.363. The molecular weight excluding hydrogens is 412 g/mol. The van der Waals surface area contributed by atoms with Gasteiger partial charge in [0.15, 0.2) is 0 Å². The molecule has 1 fully saturated rings. The number of esters is 1. The van der Waals surface area contributed by atoms with E-state index in [4.69, 9.17) is 14.5 Å². The highest BCUT2D eigenvalue weighted by Gasteiger charge is 2.29. The summed E-state index contributed by atoms with van der Waals surface area (Å²) in [6.45, 7) is 7.56. The van der Waals surface area contributed by atoms with Crippen molar-refractivity contribution in [3.63, 3.8) is 0 Å². The van der Waals surface area contributed by atoms with Gasteiger partial charge in [0.05, 0.1) is 29.8 Å². The number of hydrogen-bond acceptors (Lipinski definition) is 7. The topological polar surface area (TPSA) is 78.3 Å². The number of nitrogens with zero attached hydrogens (tertiary/aromatic N) is 3. The van der Waals surface area contributed by atoms with Crippen LogP contribution >= 0.6 is 11.3 Å². The van der Waals surface area contributed by atoms with Gasteiger partial charge in [-0.25, -0.2) is 14.5 Å². The molecule has 3 heterocycles. The molecule has 1 saturated heterocycles. The van der Waals surface area contributed by atoms with Gasteiger partial charge in [0.2, 0.25) is 5.13 Å². The minimum atomic E-state index is -0.363. The Labute approximate surface area is 186 Å². The maximum Gasteiger partial charge on any atom is 0.341 e. The van der Waals surface area contributed by atoms with Crippen LogP contribution < -0.4 is 5.32 Å². The summed E-state index contributed by atoms with van der Waals surface area (Å²) in [5.41, 5.74) is 3.01. The van der Waals surface area contributed by atoms with E-state index in [0.29, 0.717) is 24.8 Å². The lowest BCUT2D eigenvalue weighted by Gasteiger charge is -2.36. The molecule has 8 heteroatoms. The molecular formula is C23H28N4O3S. The van der Waals surface area contributed by atoms with Crippen LogP contribution in [0.4, 0.5) is 0 Å². The maximum absolute atomic E-state index is 12.6. The molecule has 1 aromatic carbocycles. The number of carbonyl (C=O) groups is 1.